The van der Waals surface area contributed by atoms with Crippen molar-refractivity contribution in [3.8, 4) is 0 Å². The van der Waals surface area contributed by atoms with Crippen molar-refractivity contribution in [2.24, 2.45) is 0 Å². The molecule has 3 rings (SSSR count). The standard InChI is InChI=1S/C14H12N2O2/c15-10-7-5-9(6-8-10)14(18)12-4-2-1-3-11(12)13(17)16-14/h1-8,18H,15H2,(H,16,17). The highest BCUT2D eigenvalue weighted by Crippen LogP contribution is 2.34. The molecule has 1 atom stereocenters. The van der Waals surface area contributed by atoms with E-state index in [2.05, 4.69) is 5.32 Å². The normalized spacial score (nSPS) is 21.5. The molecule has 0 radical (unpaired) electrons. The van der Waals surface area contributed by atoms with Gasteiger partial charge >= 0.3 is 0 Å². The van der Waals surface area contributed by atoms with E-state index in [0.717, 1.165) is 0 Å². The van der Waals surface area contributed by atoms with Gasteiger partial charge in [0.25, 0.3) is 5.91 Å². The third-order valence-corrected chi connectivity index (χ3v) is 3.18. The van der Waals surface area contributed by atoms with Gasteiger partial charge in [-0.3, -0.25) is 4.79 Å². The Kier molecular flexibility index (Phi) is 2.15. The lowest BCUT2D eigenvalue weighted by molar-refractivity contribution is 0.0476. The van der Waals surface area contributed by atoms with Crippen LogP contribution in [0.4, 0.5) is 5.69 Å². The number of amides is 1. The minimum absolute atomic E-state index is 0.273. The van der Waals surface area contributed by atoms with Gasteiger partial charge in [-0.05, 0) is 18.2 Å². The first-order chi connectivity index (χ1) is 8.61. The number of benzene rings is 2. The number of nitrogens with one attached hydrogen (secondary N) is 1. The van der Waals surface area contributed by atoms with E-state index in [4.69, 9.17) is 5.73 Å². The van der Waals surface area contributed by atoms with E-state index in [1.54, 1.807) is 48.5 Å². The Bertz CT molecular complexity index is 622. The molecule has 2 aromatic carbocycles. The minimum Gasteiger partial charge on any atom is -0.399 e. The SMILES string of the molecule is Nc1ccc(C2(O)NC(=O)c3ccccc32)cc1. The number of nitrogen functional groups attached to an aromatic ring is 1. The first kappa shape index (κ1) is 10.8. The van der Waals surface area contributed by atoms with E-state index >= 15 is 0 Å². The summed E-state index contributed by atoms with van der Waals surface area (Å²) in [5.41, 5.74) is 6.42. The summed E-state index contributed by atoms with van der Waals surface area (Å²) in [5, 5.41) is 13.3. The van der Waals surface area contributed by atoms with Crippen LogP contribution in [0.15, 0.2) is 48.5 Å². The highest BCUT2D eigenvalue weighted by Gasteiger charge is 2.42. The number of fused-ring (bicyclic) bond motifs is 1. The van der Waals surface area contributed by atoms with Crippen LogP contribution < -0.4 is 11.1 Å². The zero-order chi connectivity index (χ0) is 12.8. The van der Waals surface area contributed by atoms with E-state index in [9.17, 15) is 9.90 Å². The maximum Gasteiger partial charge on any atom is 0.254 e. The van der Waals surface area contributed by atoms with Crippen molar-refractivity contribution < 1.29 is 9.90 Å². The second-order valence-corrected chi connectivity index (χ2v) is 4.33. The summed E-state index contributed by atoms with van der Waals surface area (Å²) >= 11 is 0. The van der Waals surface area contributed by atoms with Crippen molar-refractivity contribution in [2.75, 3.05) is 5.73 Å². The predicted octanol–water partition coefficient (Wildman–Crippen LogP) is 1.21. The number of hydrogen-bond acceptors (Lipinski definition) is 3. The highest BCUT2D eigenvalue weighted by molar-refractivity contribution is 6.00. The van der Waals surface area contributed by atoms with Gasteiger partial charge in [-0.1, -0.05) is 30.3 Å². The van der Waals surface area contributed by atoms with Gasteiger partial charge in [0.1, 0.15) is 0 Å². The lowest BCUT2D eigenvalue weighted by Gasteiger charge is -2.24. The van der Waals surface area contributed by atoms with Crippen LogP contribution in [0.2, 0.25) is 0 Å². The van der Waals surface area contributed by atoms with Gasteiger partial charge < -0.3 is 16.2 Å². The molecular formula is C14H12N2O2. The highest BCUT2D eigenvalue weighted by atomic mass is 16.3. The summed E-state index contributed by atoms with van der Waals surface area (Å²) in [4.78, 5) is 11.8. The summed E-state index contributed by atoms with van der Waals surface area (Å²) in [6.07, 6.45) is 0. The molecule has 18 heavy (non-hydrogen) atoms. The molecule has 0 spiro atoms. The predicted molar refractivity (Wildman–Crippen MR) is 67.8 cm³/mol. The molecule has 1 amide bonds. The van der Waals surface area contributed by atoms with Crippen molar-refractivity contribution in [1.82, 2.24) is 5.32 Å². The van der Waals surface area contributed by atoms with Crippen LogP contribution in [0.1, 0.15) is 21.5 Å². The molecular weight excluding hydrogens is 228 g/mol. The second-order valence-electron chi connectivity index (χ2n) is 4.33. The molecule has 4 nitrogen and oxygen atoms in total. The van der Waals surface area contributed by atoms with Gasteiger partial charge in [-0.2, -0.15) is 0 Å². The van der Waals surface area contributed by atoms with Crippen LogP contribution in [-0.4, -0.2) is 11.0 Å². The average Bonchev–Trinajstić information content (AvgIpc) is 2.64. The number of anilines is 1. The maximum absolute atomic E-state index is 11.8. The molecule has 1 aliphatic rings. The van der Waals surface area contributed by atoms with E-state index in [1.807, 2.05) is 0 Å². The van der Waals surface area contributed by atoms with E-state index < -0.39 is 5.72 Å². The smallest absolute Gasteiger partial charge is 0.254 e. The fourth-order valence-electron chi connectivity index (χ4n) is 2.25. The Morgan fingerprint density at radius 3 is 2.44 bits per heavy atom. The summed E-state index contributed by atoms with van der Waals surface area (Å²) < 4.78 is 0. The number of carbonyl (C=O) groups excluding carboxylic acids is 1. The molecule has 0 aromatic heterocycles. The molecule has 0 fully saturated rings. The van der Waals surface area contributed by atoms with Crippen molar-refractivity contribution in [1.29, 1.82) is 0 Å². The number of nitrogens with two attached hydrogens (primary N) is 1. The second kappa shape index (κ2) is 3.58. The molecule has 1 aliphatic heterocycles. The average molecular weight is 240 g/mol. The van der Waals surface area contributed by atoms with E-state index in [0.29, 0.717) is 22.4 Å². The summed E-state index contributed by atoms with van der Waals surface area (Å²) in [6.45, 7) is 0. The van der Waals surface area contributed by atoms with Crippen LogP contribution in [0, 0.1) is 0 Å². The van der Waals surface area contributed by atoms with Gasteiger partial charge in [-0.25, -0.2) is 0 Å². The Labute approximate surface area is 104 Å². The van der Waals surface area contributed by atoms with E-state index in [-0.39, 0.29) is 5.91 Å². The molecule has 0 bridgehead atoms. The fourth-order valence-corrected chi connectivity index (χ4v) is 2.25. The third kappa shape index (κ3) is 1.39. The Balaban J connectivity index is 2.17. The quantitative estimate of drug-likeness (QED) is 0.656. The van der Waals surface area contributed by atoms with E-state index in [1.165, 1.54) is 0 Å². The van der Waals surface area contributed by atoms with Gasteiger partial charge in [0.15, 0.2) is 5.72 Å². The first-order valence-electron chi connectivity index (χ1n) is 5.62. The minimum atomic E-state index is -1.47. The largest absolute Gasteiger partial charge is 0.399 e. The molecule has 4 heteroatoms. The zero-order valence-corrected chi connectivity index (χ0v) is 9.55. The van der Waals surface area contributed by atoms with Crippen LogP contribution in [-0.2, 0) is 5.72 Å². The third-order valence-electron chi connectivity index (χ3n) is 3.18. The summed E-state index contributed by atoms with van der Waals surface area (Å²) in [6, 6.07) is 13.8. The molecule has 0 saturated carbocycles. The Morgan fingerprint density at radius 1 is 1.06 bits per heavy atom. The number of hydrogen-bond donors (Lipinski definition) is 3. The lowest BCUT2D eigenvalue weighted by Crippen LogP contribution is -2.40. The van der Waals surface area contributed by atoms with Gasteiger partial charge in [-0.15, -0.1) is 0 Å². The molecule has 2 aromatic rings. The molecule has 0 aliphatic carbocycles. The topological polar surface area (TPSA) is 75.3 Å². The van der Waals surface area contributed by atoms with Crippen molar-refractivity contribution in [3.05, 3.63) is 65.2 Å². The van der Waals surface area contributed by atoms with Gasteiger partial charge in [0, 0.05) is 22.4 Å². The molecule has 90 valence electrons. The molecule has 1 unspecified atom stereocenters. The number of rotatable bonds is 1. The maximum atomic E-state index is 11.8. The van der Waals surface area contributed by atoms with Crippen molar-refractivity contribution in [2.45, 2.75) is 5.72 Å². The molecule has 1 heterocycles. The zero-order valence-electron chi connectivity index (χ0n) is 9.55. The van der Waals surface area contributed by atoms with Crippen molar-refractivity contribution in [3.63, 3.8) is 0 Å². The van der Waals surface area contributed by atoms with Crippen LogP contribution in [0.25, 0.3) is 0 Å². The van der Waals surface area contributed by atoms with Gasteiger partial charge in [0.2, 0.25) is 0 Å². The summed E-state index contributed by atoms with van der Waals surface area (Å²) in [5.74, 6) is -0.273. The number of carbonyl (C=O) groups is 1. The first-order valence-corrected chi connectivity index (χ1v) is 5.62. The van der Waals surface area contributed by atoms with Crippen LogP contribution in [0.5, 0.6) is 0 Å². The van der Waals surface area contributed by atoms with Crippen LogP contribution >= 0.6 is 0 Å². The Morgan fingerprint density at radius 2 is 1.72 bits per heavy atom. The van der Waals surface area contributed by atoms with Crippen LogP contribution in [0.3, 0.4) is 0 Å². The lowest BCUT2D eigenvalue weighted by atomic mass is 9.94. The molecule has 4 N–H and O–H groups in total. The number of aliphatic hydroxyl groups is 1. The molecule has 0 saturated heterocycles. The van der Waals surface area contributed by atoms with Gasteiger partial charge in [0.05, 0.1) is 0 Å². The fraction of sp³-hybridized carbons (Fsp3) is 0.0714. The summed E-state index contributed by atoms with van der Waals surface area (Å²) in [7, 11) is 0. The monoisotopic (exact) mass is 240 g/mol. The van der Waals surface area contributed by atoms with Crippen molar-refractivity contribution >= 4 is 11.6 Å². The Hall–Kier alpha value is -2.33.